The van der Waals surface area contributed by atoms with Gasteiger partial charge in [-0.2, -0.15) is 0 Å². The molecule has 150 valence electrons. The average Bonchev–Trinajstić information content (AvgIpc) is 3.36. The van der Waals surface area contributed by atoms with Crippen LogP contribution in [0.4, 0.5) is 0 Å². The first-order chi connectivity index (χ1) is 14.5. The van der Waals surface area contributed by atoms with Crippen LogP contribution < -0.4 is 14.2 Å². The number of esters is 1. The van der Waals surface area contributed by atoms with Crippen molar-refractivity contribution >= 4 is 17.8 Å². The molecule has 0 aliphatic carbocycles. The Hall–Kier alpha value is -4.00. The van der Waals surface area contributed by atoms with E-state index in [0.29, 0.717) is 39.7 Å². The monoisotopic (exact) mass is 404 g/mol. The number of rotatable bonds is 3. The Morgan fingerprint density at radius 1 is 1.13 bits per heavy atom. The van der Waals surface area contributed by atoms with Crippen molar-refractivity contribution in [3.05, 3.63) is 76.9 Å². The van der Waals surface area contributed by atoms with E-state index >= 15 is 0 Å². The third-order valence-corrected chi connectivity index (χ3v) is 5.17. The smallest absolute Gasteiger partial charge is 0.312 e. The Bertz CT molecular complexity index is 1200. The molecule has 0 unspecified atom stereocenters. The zero-order valence-corrected chi connectivity index (χ0v) is 15.9. The van der Waals surface area contributed by atoms with Gasteiger partial charge in [-0.25, -0.2) is 0 Å². The minimum atomic E-state index is -0.414. The number of aromatic hydroxyl groups is 1. The van der Waals surface area contributed by atoms with Gasteiger partial charge in [0, 0.05) is 5.56 Å². The van der Waals surface area contributed by atoms with E-state index in [1.807, 2.05) is 0 Å². The third-order valence-electron chi connectivity index (χ3n) is 5.17. The van der Waals surface area contributed by atoms with Crippen LogP contribution in [0, 0.1) is 0 Å². The Morgan fingerprint density at radius 2 is 2.00 bits per heavy atom. The van der Waals surface area contributed by atoms with Gasteiger partial charge in [0.2, 0.25) is 5.78 Å². The number of carbonyl (C=O) groups excluding carboxylic acids is 2. The number of ketones is 1. The first-order valence-electron chi connectivity index (χ1n) is 9.27. The lowest BCUT2D eigenvalue weighted by atomic mass is 9.88. The normalized spacial score (nSPS) is 18.6. The molecule has 2 aliphatic heterocycles. The van der Waals surface area contributed by atoms with E-state index in [1.54, 1.807) is 42.5 Å². The molecule has 0 bridgehead atoms. The molecule has 3 heterocycles. The second kappa shape index (κ2) is 6.81. The van der Waals surface area contributed by atoms with Gasteiger partial charge < -0.3 is 23.7 Å². The first kappa shape index (κ1) is 18.1. The highest BCUT2D eigenvalue weighted by atomic mass is 16.5. The fraction of sp³-hybridized carbons (Fsp3) is 0.130. The van der Waals surface area contributed by atoms with E-state index in [-0.39, 0.29) is 29.7 Å². The second-order valence-electron chi connectivity index (χ2n) is 6.97. The minimum absolute atomic E-state index is 0.0445. The summed E-state index contributed by atoms with van der Waals surface area (Å²) in [6, 6.07) is 11.5. The van der Waals surface area contributed by atoms with Gasteiger partial charge in [-0.05, 0) is 48.0 Å². The zero-order chi connectivity index (χ0) is 20.8. The molecule has 1 atom stereocenters. The number of furan rings is 1. The maximum atomic E-state index is 12.9. The van der Waals surface area contributed by atoms with Crippen molar-refractivity contribution in [3.8, 4) is 23.0 Å². The molecule has 0 fully saturated rings. The molecule has 0 saturated heterocycles. The Labute approximate surface area is 171 Å². The maximum absolute atomic E-state index is 12.9. The number of hydrogen-bond donors (Lipinski definition) is 1. The number of hydrogen-bond acceptors (Lipinski definition) is 7. The SMILES string of the molecule is COc1ccc(/C=C2\Oc3c(ccc4c3[C@@H](c3ccco3)CC(=O)O4)C2=O)cc1O. The van der Waals surface area contributed by atoms with Crippen molar-refractivity contribution in [3.63, 3.8) is 0 Å². The molecule has 7 heteroatoms. The van der Waals surface area contributed by atoms with E-state index < -0.39 is 5.92 Å². The van der Waals surface area contributed by atoms with Gasteiger partial charge in [0.1, 0.15) is 17.3 Å². The van der Waals surface area contributed by atoms with E-state index in [2.05, 4.69) is 0 Å². The number of phenolic OH excluding ortho intramolecular Hbond substituents is 1. The Morgan fingerprint density at radius 3 is 2.73 bits per heavy atom. The number of fused-ring (bicyclic) bond motifs is 3. The third kappa shape index (κ3) is 2.83. The standard InChI is InChI=1S/C23H16O7/c1-27-17-6-4-12(9-15(17)24)10-19-22(26)13-5-7-18-21(23(13)30-19)14(11-20(25)29-18)16-3-2-8-28-16/h2-10,14,24H,11H2,1H3/b19-10-/t14-/m1/s1. The zero-order valence-electron chi connectivity index (χ0n) is 15.9. The fourth-order valence-electron chi connectivity index (χ4n) is 3.79. The van der Waals surface area contributed by atoms with Crippen LogP contribution in [0.3, 0.4) is 0 Å². The summed E-state index contributed by atoms with van der Waals surface area (Å²) in [5.74, 6) is 0.610. The summed E-state index contributed by atoms with van der Waals surface area (Å²) < 4.78 is 21.9. The van der Waals surface area contributed by atoms with E-state index in [9.17, 15) is 14.7 Å². The lowest BCUT2D eigenvalue weighted by molar-refractivity contribution is -0.135. The van der Waals surface area contributed by atoms with Crippen molar-refractivity contribution in [2.75, 3.05) is 7.11 Å². The summed E-state index contributed by atoms with van der Waals surface area (Å²) in [6.07, 6.45) is 3.16. The van der Waals surface area contributed by atoms with Crippen LogP contribution in [0.2, 0.25) is 0 Å². The lowest BCUT2D eigenvalue weighted by Crippen LogP contribution is -2.21. The van der Waals surface area contributed by atoms with Gasteiger partial charge >= 0.3 is 5.97 Å². The Balaban J connectivity index is 1.58. The predicted molar refractivity (Wildman–Crippen MR) is 105 cm³/mol. The number of Topliss-reactive ketones (excluding diaryl/α,β-unsaturated/α-hetero) is 1. The quantitative estimate of drug-likeness (QED) is 0.400. The van der Waals surface area contributed by atoms with E-state index in [4.69, 9.17) is 18.6 Å². The summed E-state index contributed by atoms with van der Waals surface area (Å²) in [4.78, 5) is 25.0. The maximum Gasteiger partial charge on any atom is 0.312 e. The molecule has 1 aromatic heterocycles. The number of benzene rings is 2. The average molecular weight is 404 g/mol. The van der Waals surface area contributed by atoms with Gasteiger partial charge in [-0.15, -0.1) is 0 Å². The topological polar surface area (TPSA) is 95.2 Å². The first-order valence-corrected chi connectivity index (χ1v) is 9.27. The highest BCUT2D eigenvalue weighted by Gasteiger charge is 2.39. The lowest BCUT2D eigenvalue weighted by Gasteiger charge is -2.24. The largest absolute Gasteiger partial charge is 0.504 e. The summed E-state index contributed by atoms with van der Waals surface area (Å²) in [7, 11) is 1.46. The number of allylic oxidation sites excluding steroid dienone is 1. The van der Waals surface area contributed by atoms with Crippen molar-refractivity contribution in [2.45, 2.75) is 12.3 Å². The highest BCUT2D eigenvalue weighted by Crippen LogP contribution is 2.49. The molecule has 1 N–H and O–H groups in total. The van der Waals surface area contributed by atoms with Crippen LogP contribution in [0.15, 0.2) is 58.9 Å². The van der Waals surface area contributed by atoms with Crippen LogP contribution >= 0.6 is 0 Å². The molecule has 0 amide bonds. The molecular weight excluding hydrogens is 388 g/mol. The minimum Gasteiger partial charge on any atom is -0.504 e. The molecule has 3 aromatic rings. The van der Waals surface area contributed by atoms with Crippen LogP contribution in [-0.4, -0.2) is 24.0 Å². The molecule has 7 nitrogen and oxygen atoms in total. The van der Waals surface area contributed by atoms with Gasteiger partial charge in [-0.1, -0.05) is 6.07 Å². The van der Waals surface area contributed by atoms with Crippen LogP contribution in [0.25, 0.3) is 6.08 Å². The summed E-state index contributed by atoms with van der Waals surface area (Å²) in [5.41, 5.74) is 1.57. The number of methoxy groups -OCH3 is 1. The van der Waals surface area contributed by atoms with Crippen molar-refractivity contribution in [2.24, 2.45) is 0 Å². The molecule has 30 heavy (non-hydrogen) atoms. The van der Waals surface area contributed by atoms with Gasteiger partial charge in [0.25, 0.3) is 0 Å². The summed E-state index contributed by atoms with van der Waals surface area (Å²) >= 11 is 0. The van der Waals surface area contributed by atoms with Crippen LogP contribution in [-0.2, 0) is 4.79 Å². The van der Waals surface area contributed by atoms with Crippen molar-refractivity contribution in [1.82, 2.24) is 0 Å². The molecular formula is C23H16O7. The van der Waals surface area contributed by atoms with Crippen LogP contribution in [0.5, 0.6) is 23.0 Å². The van der Waals surface area contributed by atoms with Gasteiger partial charge in [0.05, 0.1) is 31.3 Å². The van der Waals surface area contributed by atoms with Crippen molar-refractivity contribution in [1.29, 1.82) is 0 Å². The molecule has 0 spiro atoms. The number of ether oxygens (including phenoxy) is 3. The molecule has 0 saturated carbocycles. The molecule has 5 rings (SSSR count). The van der Waals surface area contributed by atoms with Crippen LogP contribution in [0.1, 0.15) is 39.6 Å². The van der Waals surface area contributed by atoms with E-state index in [1.165, 1.54) is 19.4 Å². The van der Waals surface area contributed by atoms with Gasteiger partial charge in [-0.3, -0.25) is 9.59 Å². The number of carbonyl (C=O) groups is 2. The summed E-state index contributed by atoms with van der Waals surface area (Å²) in [5, 5.41) is 9.99. The van der Waals surface area contributed by atoms with Gasteiger partial charge in [0.15, 0.2) is 17.3 Å². The summed E-state index contributed by atoms with van der Waals surface area (Å²) in [6.45, 7) is 0. The highest BCUT2D eigenvalue weighted by molar-refractivity contribution is 6.15. The molecule has 0 radical (unpaired) electrons. The number of phenols is 1. The fourth-order valence-corrected chi connectivity index (χ4v) is 3.79. The Kier molecular flexibility index (Phi) is 4.10. The predicted octanol–water partition coefficient (Wildman–Crippen LogP) is 4.05. The molecule has 2 aromatic carbocycles. The van der Waals surface area contributed by atoms with E-state index in [0.717, 1.165) is 0 Å². The van der Waals surface area contributed by atoms with Crippen molar-refractivity contribution < 1.29 is 33.3 Å². The second-order valence-corrected chi connectivity index (χ2v) is 6.97. The molecule has 2 aliphatic rings.